The Balaban J connectivity index is 2.75. The van der Waals surface area contributed by atoms with Crippen molar-refractivity contribution in [1.82, 2.24) is 10.2 Å². The van der Waals surface area contributed by atoms with Crippen molar-refractivity contribution in [1.29, 1.82) is 0 Å². The Hall–Kier alpha value is -1.83. The first-order valence-corrected chi connectivity index (χ1v) is 6.27. The molecule has 102 valence electrons. The second-order valence-electron chi connectivity index (χ2n) is 4.59. The summed E-state index contributed by atoms with van der Waals surface area (Å²) in [5.41, 5.74) is 7.89. The van der Waals surface area contributed by atoms with E-state index in [2.05, 4.69) is 17.2 Å². The van der Waals surface area contributed by atoms with Crippen molar-refractivity contribution in [3.63, 3.8) is 0 Å². The summed E-state index contributed by atoms with van der Waals surface area (Å²) in [6, 6.07) is 5.53. The molecule has 0 aliphatic heterocycles. The number of carbonyl (C=O) groups excluding carboxylic acids is 1. The first-order chi connectivity index (χ1) is 9.04. The maximum atomic E-state index is 12.0. The van der Waals surface area contributed by atoms with Gasteiger partial charge in [-0.25, -0.2) is 0 Å². The molecule has 19 heavy (non-hydrogen) atoms. The van der Waals surface area contributed by atoms with E-state index in [0.29, 0.717) is 18.7 Å². The van der Waals surface area contributed by atoms with Gasteiger partial charge in [0, 0.05) is 24.2 Å². The van der Waals surface area contributed by atoms with Crippen LogP contribution in [0.2, 0.25) is 0 Å². The van der Waals surface area contributed by atoms with Gasteiger partial charge in [0.15, 0.2) is 0 Å². The molecule has 0 unspecified atom stereocenters. The molecule has 1 rings (SSSR count). The number of hydrogen-bond donors (Lipinski definition) is 2. The molecule has 0 heterocycles. The number of nitrogens with one attached hydrogen (secondary N) is 1. The lowest BCUT2D eigenvalue weighted by molar-refractivity contribution is 0.0951. The van der Waals surface area contributed by atoms with Crippen LogP contribution in [-0.2, 0) is 0 Å². The van der Waals surface area contributed by atoms with Crippen molar-refractivity contribution in [3.05, 3.63) is 34.9 Å². The standard InChI is InChI=1S/C15H21N3O/c1-12-6-7-14(11-13(12)5-4-8-16)15(19)17-9-10-18(2)3/h6-7,11H,8-10,16H2,1-3H3,(H,17,19). The molecule has 1 aromatic rings. The summed E-state index contributed by atoms with van der Waals surface area (Å²) in [6.07, 6.45) is 0. The third-order valence-corrected chi connectivity index (χ3v) is 2.67. The molecule has 0 aliphatic carbocycles. The number of hydrogen-bond acceptors (Lipinski definition) is 3. The lowest BCUT2D eigenvalue weighted by Gasteiger charge is -2.10. The van der Waals surface area contributed by atoms with Crippen molar-refractivity contribution in [2.24, 2.45) is 5.73 Å². The monoisotopic (exact) mass is 259 g/mol. The second-order valence-corrected chi connectivity index (χ2v) is 4.59. The Bertz CT molecular complexity index is 498. The highest BCUT2D eigenvalue weighted by Gasteiger charge is 2.06. The molecule has 0 aliphatic rings. The van der Waals surface area contributed by atoms with Crippen LogP contribution in [0.15, 0.2) is 18.2 Å². The van der Waals surface area contributed by atoms with Gasteiger partial charge in [-0.05, 0) is 38.7 Å². The third kappa shape index (κ3) is 5.12. The molecule has 0 saturated carbocycles. The number of likely N-dealkylation sites (N-methyl/N-ethyl adjacent to an activating group) is 1. The fourth-order valence-corrected chi connectivity index (χ4v) is 1.54. The van der Waals surface area contributed by atoms with E-state index >= 15 is 0 Å². The van der Waals surface area contributed by atoms with Gasteiger partial charge in [0.05, 0.1) is 6.54 Å². The van der Waals surface area contributed by atoms with Crippen LogP contribution in [0, 0.1) is 18.8 Å². The first-order valence-electron chi connectivity index (χ1n) is 6.27. The molecule has 0 aromatic heterocycles. The molecule has 4 nitrogen and oxygen atoms in total. The van der Waals surface area contributed by atoms with Gasteiger partial charge in [0.2, 0.25) is 0 Å². The maximum Gasteiger partial charge on any atom is 0.251 e. The lowest BCUT2D eigenvalue weighted by Crippen LogP contribution is -2.31. The number of nitrogens with zero attached hydrogens (tertiary/aromatic N) is 1. The Kier molecular flexibility index (Phi) is 6.07. The zero-order valence-corrected chi connectivity index (χ0v) is 11.8. The number of rotatable bonds is 4. The molecule has 0 fully saturated rings. The summed E-state index contributed by atoms with van der Waals surface area (Å²) in [5.74, 6) is 5.72. The summed E-state index contributed by atoms with van der Waals surface area (Å²) in [6.45, 7) is 3.73. The zero-order valence-electron chi connectivity index (χ0n) is 11.8. The first kappa shape index (κ1) is 15.2. The largest absolute Gasteiger partial charge is 0.351 e. The van der Waals surface area contributed by atoms with E-state index in [1.54, 1.807) is 0 Å². The highest BCUT2D eigenvalue weighted by molar-refractivity contribution is 5.94. The molecular formula is C15H21N3O. The van der Waals surface area contributed by atoms with Gasteiger partial charge in [-0.2, -0.15) is 0 Å². The van der Waals surface area contributed by atoms with Crippen LogP contribution in [0.3, 0.4) is 0 Å². The minimum absolute atomic E-state index is 0.0716. The van der Waals surface area contributed by atoms with Gasteiger partial charge in [-0.15, -0.1) is 0 Å². The Morgan fingerprint density at radius 1 is 1.42 bits per heavy atom. The number of aryl methyl sites for hydroxylation is 1. The molecule has 1 amide bonds. The average molecular weight is 259 g/mol. The van der Waals surface area contributed by atoms with Crippen molar-refractivity contribution in [2.75, 3.05) is 33.7 Å². The van der Waals surface area contributed by atoms with Gasteiger partial charge < -0.3 is 16.0 Å². The van der Waals surface area contributed by atoms with E-state index in [1.807, 2.05) is 44.1 Å². The van der Waals surface area contributed by atoms with Gasteiger partial charge in [-0.1, -0.05) is 17.9 Å². The molecular weight excluding hydrogens is 238 g/mol. The van der Waals surface area contributed by atoms with E-state index in [-0.39, 0.29) is 5.91 Å². The topological polar surface area (TPSA) is 58.4 Å². The molecule has 0 saturated heterocycles. The van der Waals surface area contributed by atoms with E-state index in [9.17, 15) is 4.79 Å². The van der Waals surface area contributed by atoms with Crippen molar-refractivity contribution in [2.45, 2.75) is 6.92 Å². The molecule has 0 radical (unpaired) electrons. The van der Waals surface area contributed by atoms with E-state index in [1.165, 1.54) is 0 Å². The SMILES string of the molecule is Cc1ccc(C(=O)NCCN(C)C)cc1C#CCN. The number of nitrogens with two attached hydrogens (primary N) is 1. The summed E-state index contributed by atoms with van der Waals surface area (Å²) >= 11 is 0. The predicted molar refractivity (Wildman–Crippen MR) is 78.0 cm³/mol. The fourth-order valence-electron chi connectivity index (χ4n) is 1.54. The minimum atomic E-state index is -0.0716. The van der Waals surface area contributed by atoms with Crippen LogP contribution in [0.1, 0.15) is 21.5 Å². The number of benzene rings is 1. The maximum absolute atomic E-state index is 12.0. The fraction of sp³-hybridized carbons (Fsp3) is 0.400. The number of amides is 1. The molecule has 3 N–H and O–H groups in total. The van der Waals surface area contributed by atoms with Crippen LogP contribution in [-0.4, -0.2) is 44.5 Å². The van der Waals surface area contributed by atoms with E-state index < -0.39 is 0 Å². The molecule has 0 atom stereocenters. The van der Waals surface area contributed by atoms with Crippen LogP contribution >= 0.6 is 0 Å². The summed E-state index contributed by atoms with van der Waals surface area (Å²) in [5, 5.41) is 2.88. The van der Waals surface area contributed by atoms with Gasteiger partial charge in [0.1, 0.15) is 0 Å². The van der Waals surface area contributed by atoms with E-state index in [4.69, 9.17) is 5.73 Å². The van der Waals surface area contributed by atoms with Crippen molar-refractivity contribution in [3.8, 4) is 11.8 Å². The molecule has 4 heteroatoms. The summed E-state index contributed by atoms with van der Waals surface area (Å²) in [7, 11) is 3.94. The van der Waals surface area contributed by atoms with Gasteiger partial charge in [-0.3, -0.25) is 4.79 Å². The number of carbonyl (C=O) groups is 1. The van der Waals surface area contributed by atoms with Gasteiger partial charge >= 0.3 is 0 Å². The summed E-state index contributed by atoms with van der Waals surface area (Å²) < 4.78 is 0. The van der Waals surface area contributed by atoms with Crippen molar-refractivity contribution < 1.29 is 4.79 Å². The lowest BCUT2D eigenvalue weighted by atomic mass is 10.0. The second kappa shape index (κ2) is 7.57. The Morgan fingerprint density at radius 2 is 2.16 bits per heavy atom. The highest BCUT2D eigenvalue weighted by atomic mass is 16.1. The smallest absolute Gasteiger partial charge is 0.251 e. The van der Waals surface area contributed by atoms with Crippen LogP contribution in [0.5, 0.6) is 0 Å². The zero-order chi connectivity index (χ0) is 14.3. The third-order valence-electron chi connectivity index (χ3n) is 2.67. The molecule has 0 bridgehead atoms. The highest BCUT2D eigenvalue weighted by Crippen LogP contribution is 2.10. The minimum Gasteiger partial charge on any atom is -0.351 e. The van der Waals surface area contributed by atoms with Crippen molar-refractivity contribution >= 4 is 5.91 Å². The normalized spacial score (nSPS) is 9.95. The average Bonchev–Trinajstić information content (AvgIpc) is 2.37. The van der Waals surface area contributed by atoms with Gasteiger partial charge in [0.25, 0.3) is 5.91 Å². The summed E-state index contributed by atoms with van der Waals surface area (Å²) in [4.78, 5) is 14.0. The predicted octanol–water partition coefficient (Wildman–Crippen LogP) is 0.597. The quantitative estimate of drug-likeness (QED) is 0.778. The Labute approximate surface area is 115 Å². The Morgan fingerprint density at radius 3 is 2.79 bits per heavy atom. The van der Waals surface area contributed by atoms with Crippen LogP contribution in [0.25, 0.3) is 0 Å². The molecule has 1 aromatic carbocycles. The van der Waals surface area contributed by atoms with Crippen LogP contribution < -0.4 is 11.1 Å². The van der Waals surface area contributed by atoms with E-state index in [0.717, 1.165) is 17.7 Å². The van der Waals surface area contributed by atoms with Crippen LogP contribution in [0.4, 0.5) is 0 Å². The molecule has 0 spiro atoms.